The number of carbonyl (C=O) groups is 2. The first-order chi connectivity index (χ1) is 8.49. The number of hydrogen-bond donors (Lipinski definition) is 0. The van der Waals surface area contributed by atoms with Crippen LogP contribution in [0.5, 0.6) is 0 Å². The van der Waals surface area contributed by atoms with Gasteiger partial charge in [0, 0.05) is 12.1 Å². The van der Waals surface area contributed by atoms with Crippen LogP contribution in [0.25, 0.3) is 0 Å². The molecule has 0 fully saturated rings. The van der Waals surface area contributed by atoms with Crippen LogP contribution in [-0.4, -0.2) is 29.2 Å². The van der Waals surface area contributed by atoms with E-state index in [1.807, 2.05) is 58.0 Å². The summed E-state index contributed by atoms with van der Waals surface area (Å²) in [5, 5.41) is 0. The summed E-state index contributed by atoms with van der Waals surface area (Å²) in [7, 11) is 0. The molecule has 0 radical (unpaired) electrons. The average molecular weight is 247 g/mol. The minimum absolute atomic E-state index is 0.0867. The summed E-state index contributed by atoms with van der Waals surface area (Å²) >= 11 is 0. The van der Waals surface area contributed by atoms with Gasteiger partial charge in [0.1, 0.15) is 12.2 Å². The van der Waals surface area contributed by atoms with Gasteiger partial charge in [0.05, 0.1) is 0 Å². The third kappa shape index (κ3) is 3.19. The number of nitrogens with zero attached hydrogens (tertiary/aromatic N) is 1. The van der Waals surface area contributed by atoms with Crippen molar-refractivity contribution in [3.63, 3.8) is 0 Å². The van der Waals surface area contributed by atoms with Crippen molar-refractivity contribution in [2.45, 2.75) is 45.7 Å². The summed E-state index contributed by atoms with van der Waals surface area (Å²) in [5.74, 6) is -0.822. The summed E-state index contributed by atoms with van der Waals surface area (Å²) in [5.41, 5.74) is 0.754. The normalized spacial score (nSPS) is 12.6. The van der Waals surface area contributed by atoms with Gasteiger partial charge in [-0.2, -0.15) is 0 Å². The van der Waals surface area contributed by atoms with E-state index in [-0.39, 0.29) is 18.0 Å². The van der Waals surface area contributed by atoms with Gasteiger partial charge in [0.25, 0.3) is 0 Å². The Bertz CT molecular complexity index is 390. The van der Waals surface area contributed by atoms with Crippen LogP contribution in [0.4, 0.5) is 0 Å². The van der Waals surface area contributed by atoms with E-state index < -0.39 is 5.92 Å². The molecular formula is C15H21NO2. The molecule has 0 N–H and O–H groups in total. The predicted molar refractivity (Wildman–Crippen MR) is 72.4 cm³/mol. The van der Waals surface area contributed by atoms with E-state index in [9.17, 15) is 9.59 Å². The number of carbonyl (C=O) groups excluding carboxylic acids is 2. The zero-order valence-electron chi connectivity index (χ0n) is 11.5. The molecule has 0 bridgehead atoms. The molecule has 0 aliphatic rings. The van der Waals surface area contributed by atoms with Crippen LogP contribution >= 0.6 is 0 Å². The van der Waals surface area contributed by atoms with Crippen LogP contribution in [0.2, 0.25) is 0 Å². The van der Waals surface area contributed by atoms with E-state index >= 15 is 0 Å². The van der Waals surface area contributed by atoms with Gasteiger partial charge in [-0.3, -0.25) is 4.79 Å². The second kappa shape index (κ2) is 6.34. The highest BCUT2D eigenvalue weighted by molar-refractivity contribution is 5.97. The first-order valence-corrected chi connectivity index (χ1v) is 6.31. The van der Waals surface area contributed by atoms with Crippen molar-refractivity contribution in [3.05, 3.63) is 35.9 Å². The maximum absolute atomic E-state index is 12.5. The standard InChI is InChI=1S/C15H21NO2/c1-11(2)16(12(3)4)15(18)14(10-17)13-8-6-5-7-9-13/h5-12,14H,1-4H3. The lowest BCUT2D eigenvalue weighted by atomic mass is 9.98. The Morgan fingerprint density at radius 1 is 1.06 bits per heavy atom. The molecular weight excluding hydrogens is 226 g/mol. The SMILES string of the molecule is CC(C)N(C(=O)C(C=O)c1ccccc1)C(C)C. The predicted octanol–water partition coefficient (Wildman–Crippen LogP) is 2.61. The molecule has 1 aromatic carbocycles. The minimum Gasteiger partial charge on any atom is -0.337 e. The number of benzene rings is 1. The minimum atomic E-state index is -0.698. The van der Waals surface area contributed by atoms with Gasteiger partial charge in [-0.25, -0.2) is 0 Å². The number of rotatable bonds is 5. The molecule has 0 aliphatic heterocycles. The molecule has 1 unspecified atom stereocenters. The zero-order valence-corrected chi connectivity index (χ0v) is 11.5. The molecule has 0 saturated heterocycles. The van der Waals surface area contributed by atoms with Crippen molar-refractivity contribution in [2.24, 2.45) is 0 Å². The summed E-state index contributed by atoms with van der Waals surface area (Å²) in [6, 6.07) is 9.36. The van der Waals surface area contributed by atoms with Crippen LogP contribution in [0.15, 0.2) is 30.3 Å². The fourth-order valence-electron chi connectivity index (χ4n) is 2.21. The molecule has 0 saturated carbocycles. The third-order valence-electron chi connectivity index (χ3n) is 2.93. The van der Waals surface area contributed by atoms with Gasteiger partial charge in [-0.15, -0.1) is 0 Å². The molecule has 1 aromatic rings. The lowest BCUT2D eigenvalue weighted by Crippen LogP contribution is -2.44. The van der Waals surface area contributed by atoms with Crippen molar-refractivity contribution in [1.82, 2.24) is 4.90 Å². The first kappa shape index (κ1) is 14.4. The zero-order chi connectivity index (χ0) is 13.7. The van der Waals surface area contributed by atoms with Gasteiger partial charge in [0.2, 0.25) is 5.91 Å². The lowest BCUT2D eigenvalue weighted by Gasteiger charge is -2.32. The van der Waals surface area contributed by atoms with E-state index in [4.69, 9.17) is 0 Å². The molecule has 0 heterocycles. The molecule has 3 nitrogen and oxygen atoms in total. The van der Waals surface area contributed by atoms with Crippen LogP contribution in [0.3, 0.4) is 0 Å². The van der Waals surface area contributed by atoms with Crippen molar-refractivity contribution >= 4 is 12.2 Å². The second-order valence-corrected chi connectivity index (χ2v) is 4.96. The molecule has 3 heteroatoms. The molecule has 18 heavy (non-hydrogen) atoms. The molecule has 1 amide bonds. The summed E-state index contributed by atoms with van der Waals surface area (Å²) < 4.78 is 0. The maximum atomic E-state index is 12.5. The maximum Gasteiger partial charge on any atom is 0.237 e. The quantitative estimate of drug-likeness (QED) is 0.592. The molecule has 1 rings (SSSR count). The Hall–Kier alpha value is -1.64. The Morgan fingerprint density at radius 3 is 1.94 bits per heavy atom. The van der Waals surface area contributed by atoms with Crippen LogP contribution in [0, 0.1) is 0 Å². The van der Waals surface area contributed by atoms with Crippen LogP contribution in [-0.2, 0) is 9.59 Å². The summed E-state index contributed by atoms with van der Waals surface area (Å²) in [6.07, 6.45) is 0.732. The topological polar surface area (TPSA) is 37.4 Å². The number of aldehydes is 1. The van der Waals surface area contributed by atoms with Crippen molar-refractivity contribution in [2.75, 3.05) is 0 Å². The number of amides is 1. The molecule has 0 spiro atoms. The first-order valence-electron chi connectivity index (χ1n) is 6.31. The van der Waals surface area contributed by atoms with Gasteiger partial charge in [-0.05, 0) is 33.3 Å². The van der Waals surface area contributed by atoms with Crippen LogP contribution < -0.4 is 0 Å². The van der Waals surface area contributed by atoms with E-state index in [0.29, 0.717) is 0 Å². The monoisotopic (exact) mass is 247 g/mol. The van der Waals surface area contributed by atoms with E-state index in [1.165, 1.54) is 0 Å². The van der Waals surface area contributed by atoms with Gasteiger partial charge < -0.3 is 9.69 Å². The van der Waals surface area contributed by atoms with Crippen LogP contribution in [0.1, 0.15) is 39.2 Å². The Kier molecular flexibility index (Phi) is 5.08. The van der Waals surface area contributed by atoms with Crippen molar-refractivity contribution < 1.29 is 9.59 Å². The summed E-state index contributed by atoms with van der Waals surface area (Å²) in [4.78, 5) is 25.5. The smallest absolute Gasteiger partial charge is 0.237 e. The molecule has 0 aromatic heterocycles. The van der Waals surface area contributed by atoms with Gasteiger partial charge in [-0.1, -0.05) is 30.3 Å². The highest BCUT2D eigenvalue weighted by Gasteiger charge is 2.28. The molecule has 0 aliphatic carbocycles. The lowest BCUT2D eigenvalue weighted by molar-refractivity contribution is -0.138. The second-order valence-electron chi connectivity index (χ2n) is 4.96. The molecule has 1 atom stereocenters. The van der Waals surface area contributed by atoms with Crippen molar-refractivity contribution in [1.29, 1.82) is 0 Å². The van der Waals surface area contributed by atoms with E-state index in [1.54, 1.807) is 4.90 Å². The summed E-state index contributed by atoms with van der Waals surface area (Å²) in [6.45, 7) is 7.85. The van der Waals surface area contributed by atoms with E-state index in [2.05, 4.69) is 0 Å². The average Bonchev–Trinajstić information content (AvgIpc) is 2.30. The Balaban J connectivity index is 3.02. The molecule has 98 valence electrons. The highest BCUT2D eigenvalue weighted by atomic mass is 16.2. The van der Waals surface area contributed by atoms with Gasteiger partial charge >= 0.3 is 0 Å². The number of hydrogen-bond acceptors (Lipinski definition) is 2. The Labute approximate surface area is 109 Å². The highest BCUT2D eigenvalue weighted by Crippen LogP contribution is 2.19. The van der Waals surface area contributed by atoms with Crippen molar-refractivity contribution in [3.8, 4) is 0 Å². The fraction of sp³-hybridized carbons (Fsp3) is 0.467. The largest absolute Gasteiger partial charge is 0.337 e. The Morgan fingerprint density at radius 2 is 1.56 bits per heavy atom. The van der Waals surface area contributed by atoms with E-state index in [0.717, 1.165) is 11.8 Å². The van der Waals surface area contributed by atoms with Gasteiger partial charge in [0.15, 0.2) is 0 Å². The third-order valence-corrected chi connectivity index (χ3v) is 2.93. The fourth-order valence-corrected chi connectivity index (χ4v) is 2.21.